The number of nitrogens with zero attached hydrogens (tertiary/aromatic N) is 1. The molecular weight excluding hydrogens is 402 g/mol. The molecule has 0 aromatic heterocycles. The lowest BCUT2D eigenvalue weighted by Crippen LogP contribution is -2.36. The molecule has 27 heavy (non-hydrogen) atoms. The van der Waals surface area contributed by atoms with E-state index in [4.69, 9.17) is 5.11 Å². The Morgan fingerprint density at radius 1 is 0.704 bits per heavy atom. The second-order valence-corrected chi connectivity index (χ2v) is 9.68. The normalized spacial score (nSPS) is 11.2. The topological polar surface area (TPSA) is 37.3 Å². The number of halogens is 1. The van der Waals surface area contributed by atoms with Crippen molar-refractivity contribution < 1.29 is 14.4 Å². The maximum atomic E-state index is 10.7. The van der Waals surface area contributed by atoms with E-state index < -0.39 is 0 Å². The van der Waals surface area contributed by atoms with Crippen LogP contribution in [-0.2, 0) is 4.79 Å². The third kappa shape index (κ3) is 34.0. The number of hydrogen-bond donors (Lipinski definition) is 1. The summed E-state index contributed by atoms with van der Waals surface area (Å²) < 4.78 is 1.00. The highest BCUT2D eigenvalue weighted by atomic mass is 79.9. The first-order valence-electron chi connectivity index (χ1n) is 11.4. The average Bonchev–Trinajstić information content (AvgIpc) is 2.57. The number of carbonyl (C=O) groups is 1. The standard InChI is InChI=1S/C18H35BrO.C5H14NO/c1-2-3-4-5-6-7-8-9-10-11-12-13-14-15-16-17-18(19)20;1-6(2,3)4-5-7/h2-17H2,1H3;7H,4-5H2,1-3H3/q;+1. The molecule has 0 aromatic rings. The highest BCUT2D eigenvalue weighted by Gasteiger charge is 2.02. The van der Waals surface area contributed by atoms with Crippen LogP contribution in [0.5, 0.6) is 0 Å². The van der Waals surface area contributed by atoms with Crippen LogP contribution < -0.4 is 0 Å². The number of aliphatic hydroxyl groups excluding tert-OH is 1. The zero-order chi connectivity index (χ0) is 20.8. The minimum absolute atomic E-state index is 0.159. The van der Waals surface area contributed by atoms with Gasteiger partial charge in [0.15, 0.2) is 4.69 Å². The van der Waals surface area contributed by atoms with Crippen molar-refractivity contribution in [1.82, 2.24) is 0 Å². The fourth-order valence-corrected chi connectivity index (χ4v) is 3.22. The summed E-state index contributed by atoms with van der Waals surface area (Å²) in [6.07, 6.45) is 21.3. The summed E-state index contributed by atoms with van der Waals surface area (Å²) >= 11 is 2.98. The van der Waals surface area contributed by atoms with Crippen molar-refractivity contribution >= 4 is 20.6 Å². The summed E-state index contributed by atoms with van der Waals surface area (Å²) in [5.41, 5.74) is 0. The van der Waals surface area contributed by atoms with Crippen LogP contribution in [0, 0.1) is 0 Å². The van der Waals surface area contributed by atoms with E-state index in [1.54, 1.807) is 0 Å². The first-order valence-corrected chi connectivity index (χ1v) is 12.2. The van der Waals surface area contributed by atoms with Crippen LogP contribution in [0.15, 0.2) is 0 Å². The Labute approximate surface area is 179 Å². The Morgan fingerprint density at radius 3 is 1.26 bits per heavy atom. The average molecular weight is 452 g/mol. The molecule has 0 saturated carbocycles. The maximum absolute atomic E-state index is 10.7. The molecular formula is C23H49BrNO2+. The molecule has 0 rings (SSSR count). The van der Waals surface area contributed by atoms with Gasteiger partial charge in [0.25, 0.3) is 0 Å². The molecule has 0 fully saturated rings. The van der Waals surface area contributed by atoms with Gasteiger partial charge in [-0.1, -0.05) is 96.8 Å². The molecule has 0 amide bonds. The number of hydrogen-bond acceptors (Lipinski definition) is 2. The molecule has 4 heteroatoms. The van der Waals surface area contributed by atoms with Crippen LogP contribution in [0.3, 0.4) is 0 Å². The Bertz CT molecular complexity index is 303. The predicted octanol–water partition coefficient (Wildman–Crippen LogP) is 6.85. The van der Waals surface area contributed by atoms with E-state index in [1.165, 1.54) is 89.9 Å². The molecule has 0 heterocycles. The SMILES string of the molecule is CCCCCCCCCCCCCCCCCC(=O)Br.C[N+](C)(C)CCO. The second kappa shape index (κ2) is 22.4. The Hall–Kier alpha value is 0.0700. The number of unbranched alkanes of at least 4 members (excludes halogenated alkanes) is 14. The third-order valence-corrected chi connectivity index (χ3v) is 5.14. The van der Waals surface area contributed by atoms with Crippen molar-refractivity contribution in [2.75, 3.05) is 34.3 Å². The lowest BCUT2D eigenvalue weighted by molar-refractivity contribution is -0.870. The lowest BCUT2D eigenvalue weighted by Gasteiger charge is -2.21. The Kier molecular flexibility index (Phi) is 24.2. The van der Waals surface area contributed by atoms with Gasteiger partial charge in [0.05, 0.1) is 27.7 Å². The van der Waals surface area contributed by atoms with Crippen molar-refractivity contribution in [2.24, 2.45) is 0 Å². The summed E-state index contributed by atoms with van der Waals surface area (Å²) in [4.78, 5) is 10.7. The van der Waals surface area contributed by atoms with Gasteiger partial charge in [0.1, 0.15) is 6.54 Å². The van der Waals surface area contributed by atoms with E-state index in [0.717, 1.165) is 17.4 Å². The molecule has 3 nitrogen and oxygen atoms in total. The highest BCUT2D eigenvalue weighted by molar-refractivity contribution is 9.18. The van der Waals surface area contributed by atoms with Crippen molar-refractivity contribution in [3.63, 3.8) is 0 Å². The van der Waals surface area contributed by atoms with Crippen LogP contribution in [0.4, 0.5) is 0 Å². The van der Waals surface area contributed by atoms with E-state index in [1.807, 2.05) is 0 Å². The molecule has 0 unspecified atom stereocenters. The molecule has 0 atom stereocenters. The molecule has 0 aromatic carbocycles. The monoisotopic (exact) mass is 450 g/mol. The summed E-state index contributed by atoms with van der Waals surface area (Å²) in [5.74, 6) is 0. The van der Waals surface area contributed by atoms with E-state index in [9.17, 15) is 4.79 Å². The van der Waals surface area contributed by atoms with Crippen molar-refractivity contribution in [3.8, 4) is 0 Å². The van der Waals surface area contributed by atoms with Gasteiger partial charge in [-0.05, 0) is 22.4 Å². The van der Waals surface area contributed by atoms with Gasteiger partial charge >= 0.3 is 0 Å². The number of quaternary nitrogens is 1. The Morgan fingerprint density at radius 2 is 1.04 bits per heavy atom. The molecule has 0 saturated heterocycles. The molecule has 0 bridgehead atoms. The first kappa shape index (κ1) is 29.3. The van der Waals surface area contributed by atoms with Gasteiger partial charge in [-0.2, -0.15) is 0 Å². The molecule has 0 aliphatic heterocycles. The number of likely N-dealkylation sites (N-methyl/N-ethyl adjacent to an activating group) is 1. The van der Waals surface area contributed by atoms with Crippen LogP contribution in [0.25, 0.3) is 0 Å². The highest BCUT2D eigenvalue weighted by Crippen LogP contribution is 2.13. The lowest BCUT2D eigenvalue weighted by atomic mass is 10.0. The van der Waals surface area contributed by atoms with Crippen LogP contribution in [0.2, 0.25) is 0 Å². The van der Waals surface area contributed by atoms with Gasteiger partial charge in [0.2, 0.25) is 0 Å². The van der Waals surface area contributed by atoms with Crippen LogP contribution in [-0.4, -0.2) is 48.6 Å². The van der Waals surface area contributed by atoms with E-state index in [2.05, 4.69) is 44.0 Å². The van der Waals surface area contributed by atoms with Crippen molar-refractivity contribution in [1.29, 1.82) is 0 Å². The van der Waals surface area contributed by atoms with Crippen LogP contribution >= 0.6 is 15.9 Å². The van der Waals surface area contributed by atoms with Crippen LogP contribution in [0.1, 0.15) is 110 Å². The fourth-order valence-electron chi connectivity index (χ4n) is 2.94. The minimum Gasteiger partial charge on any atom is -0.391 e. The van der Waals surface area contributed by atoms with Gasteiger partial charge in [0, 0.05) is 6.42 Å². The summed E-state index contributed by atoms with van der Waals surface area (Å²) in [5, 5.41) is 8.39. The van der Waals surface area contributed by atoms with E-state index in [-0.39, 0.29) is 11.3 Å². The Balaban J connectivity index is 0. The zero-order valence-corrected chi connectivity index (χ0v) is 20.5. The predicted molar refractivity (Wildman–Crippen MR) is 123 cm³/mol. The third-order valence-electron chi connectivity index (χ3n) is 4.75. The van der Waals surface area contributed by atoms with Crippen molar-refractivity contribution in [3.05, 3.63) is 0 Å². The maximum Gasteiger partial charge on any atom is 0.197 e. The number of rotatable bonds is 18. The smallest absolute Gasteiger partial charge is 0.197 e. The molecule has 0 spiro atoms. The second-order valence-electron chi connectivity index (χ2n) is 8.79. The molecule has 0 aliphatic carbocycles. The molecule has 164 valence electrons. The number of aliphatic hydroxyl groups is 1. The zero-order valence-electron chi connectivity index (χ0n) is 18.9. The number of carbonyl (C=O) groups excluding carboxylic acids is 1. The van der Waals surface area contributed by atoms with Crippen molar-refractivity contribution in [2.45, 2.75) is 110 Å². The fraction of sp³-hybridized carbons (Fsp3) is 0.957. The van der Waals surface area contributed by atoms with Gasteiger partial charge < -0.3 is 9.59 Å². The van der Waals surface area contributed by atoms with Gasteiger partial charge in [-0.15, -0.1) is 0 Å². The quantitative estimate of drug-likeness (QED) is 0.140. The van der Waals surface area contributed by atoms with E-state index in [0.29, 0.717) is 6.42 Å². The minimum atomic E-state index is 0.159. The molecule has 0 radical (unpaired) electrons. The molecule has 0 aliphatic rings. The van der Waals surface area contributed by atoms with Gasteiger partial charge in [-0.3, -0.25) is 4.79 Å². The summed E-state index contributed by atoms with van der Waals surface area (Å²) in [6, 6.07) is 0. The van der Waals surface area contributed by atoms with Gasteiger partial charge in [-0.25, -0.2) is 0 Å². The summed E-state index contributed by atoms with van der Waals surface area (Å²) in [7, 11) is 6.16. The largest absolute Gasteiger partial charge is 0.391 e. The summed E-state index contributed by atoms with van der Waals surface area (Å²) in [6.45, 7) is 3.39. The molecule has 1 N–H and O–H groups in total. The first-order chi connectivity index (χ1) is 12.8. The van der Waals surface area contributed by atoms with E-state index >= 15 is 0 Å².